The van der Waals surface area contributed by atoms with Crippen LogP contribution in [0, 0.1) is 11.8 Å². The molecule has 1 saturated heterocycles. The van der Waals surface area contributed by atoms with Crippen molar-refractivity contribution in [3.05, 3.63) is 0 Å². The van der Waals surface area contributed by atoms with Crippen LogP contribution < -0.4 is 10.6 Å². The summed E-state index contributed by atoms with van der Waals surface area (Å²) in [7, 11) is 1.34. The topological polar surface area (TPSA) is 67.4 Å². The van der Waals surface area contributed by atoms with Crippen molar-refractivity contribution >= 4 is 11.9 Å². The highest BCUT2D eigenvalue weighted by atomic mass is 16.5. The van der Waals surface area contributed by atoms with E-state index >= 15 is 0 Å². The van der Waals surface area contributed by atoms with Gasteiger partial charge in [-0.1, -0.05) is 13.8 Å². The normalized spacial score (nSPS) is 21.3. The van der Waals surface area contributed by atoms with Crippen molar-refractivity contribution in [3.8, 4) is 0 Å². The summed E-state index contributed by atoms with van der Waals surface area (Å²) in [6.07, 6.45) is 1.51. The van der Waals surface area contributed by atoms with Crippen molar-refractivity contribution in [3.63, 3.8) is 0 Å². The smallest absolute Gasteiger partial charge is 0.328 e. The van der Waals surface area contributed by atoms with Crippen LogP contribution in [0.2, 0.25) is 0 Å². The van der Waals surface area contributed by atoms with Gasteiger partial charge in [0.15, 0.2) is 0 Å². The number of hydrogen-bond donors (Lipinski definition) is 2. The Morgan fingerprint density at radius 3 is 2.65 bits per heavy atom. The molecular formula is C12H22N2O3. The zero-order valence-electron chi connectivity index (χ0n) is 10.8. The fourth-order valence-corrected chi connectivity index (χ4v) is 2.01. The number of carbonyl (C=O) groups is 2. The van der Waals surface area contributed by atoms with Gasteiger partial charge in [0.1, 0.15) is 6.04 Å². The lowest BCUT2D eigenvalue weighted by Gasteiger charge is -2.20. The van der Waals surface area contributed by atoms with Crippen LogP contribution in [-0.2, 0) is 14.3 Å². The molecule has 98 valence electrons. The molecule has 17 heavy (non-hydrogen) atoms. The Morgan fingerprint density at radius 2 is 2.18 bits per heavy atom. The van der Waals surface area contributed by atoms with E-state index in [1.54, 1.807) is 0 Å². The van der Waals surface area contributed by atoms with Gasteiger partial charge in [-0.2, -0.15) is 0 Å². The lowest BCUT2D eigenvalue weighted by atomic mass is 10.0. The number of rotatable bonds is 5. The van der Waals surface area contributed by atoms with Crippen molar-refractivity contribution in [2.75, 3.05) is 20.2 Å². The Bertz CT molecular complexity index is 273. The summed E-state index contributed by atoms with van der Waals surface area (Å²) >= 11 is 0. The molecule has 2 N–H and O–H groups in total. The van der Waals surface area contributed by atoms with Gasteiger partial charge in [-0.3, -0.25) is 4.79 Å². The maximum absolute atomic E-state index is 11.8. The van der Waals surface area contributed by atoms with Crippen molar-refractivity contribution in [1.82, 2.24) is 10.6 Å². The van der Waals surface area contributed by atoms with Crippen LogP contribution in [0.1, 0.15) is 26.7 Å². The van der Waals surface area contributed by atoms with Gasteiger partial charge in [0.25, 0.3) is 0 Å². The van der Waals surface area contributed by atoms with Gasteiger partial charge < -0.3 is 15.4 Å². The Kier molecular flexibility index (Phi) is 5.41. The molecule has 0 saturated carbocycles. The highest BCUT2D eigenvalue weighted by Gasteiger charge is 2.26. The van der Waals surface area contributed by atoms with E-state index in [0.29, 0.717) is 12.3 Å². The molecule has 1 unspecified atom stereocenters. The zero-order chi connectivity index (χ0) is 12.8. The van der Waals surface area contributed by atoms with Crippen LogP contribution in [0.4, 0.5) is 0 Å². The predicted molar refractivity (Wildman–Crippen MR) is 64.4 cm³/mol. The van der Waals surface area contributed by atoms with Gasteiger partial charge in [0, 0.05) is 6.42 Å². The molecule has 0 spiro atoms. The number of ether oxygens (including phenoxy) is 1. The lowest BCUT2D eigenvalue weighted by molar-refractivity contribution is -0.146. The third-order valence-corrected chi connectivity index (χ3v) is 3.07. The van der Waals surface area contributed by atoms with E-state index in [4.69, 9.17) is 0 Å². The minimum Gasteiger partial charge on any atom is -0.467 e. The summed E-state index contributed by atoms with van der Waals surface area (Å²) in [6.45, 7) is 5.64. The molecule has 1 aliphatic rings. The van der Waals surface area contributed by atoms with Gasteiger partial charge in [-0.25, -0.2) is 4.79 Å². The minimum absolute atomic E-state index is 0.0353. The molecule has 5 heteroatoms. The third-order valence-electron chi connectivity index (χ3n) is 3.07. The summed E-state index contributed by atoms with van der Waals surface area (Å²) in [5.74, 6) is -0.0192. The minimum atomic E-state index is -0.540. The van der Waals surface area contributed by atoms with Crippen molar-refractivity contribution in [1.29, 1.82) is 0 Å². The Hall–Kier alpha value is -1.10. The predicted octanol–water partition coefficient (Wildman–Crippen LogP) is 0.300. The second-order valence-corrected chi connectivity index (χ2v) is 4.88. The first-order chi connectivity index (χ1) is 8.04. The van der Waals surface area contributed by atoms with E-state index in [1.807, 2.05) is 13.8 Å². The quantitative estimate of drug-likeness (QED) is 0.680. The van der Waals surface area contributed by atoms with E-state index < -0.39 is 6.04 Å². The number of amides is 1. The maximum atomic E-state index is 11.8. The van der Waals surface area contributed by atoms with Crippen molar-refractivity contribution in [2.45, 2.75) is 32.7 Å². The highest BCUT2D eigenvalue weighted by Crippen LogP contribution is 2.12. The largest absolute Gasteiger partial charge is 0.467 e. The van der Waals surface area contributed by atoms with Crippen LogP contribution >= 0.6 is 0 Å². The molecule has 1 fully saturated rings. The van der Waals surface area contributed by atoms with Crippen molar-refractivity contribution in [2.24, 2.45) is 11.8 Å². The van der Waals surface area contributed by atoms with Gasteiger partial charge in [0.2, 0.25) is 5.91 Å². The first-order valence-corrected chi connectivity index (χ1v) is 6.12. The average molecular weight is 242 g/mol. The molecule has 0 aliphatic carbocycles. The SMILES string of the molecule is COC(=O)[C@@H](NC(=O)CC1CCNC1)C(C)C. The van der Waals surface area contributed by atoms with E-state index in [9.17, 15) is 9.59 Å². The highest BCUT2D eigenvalue weighted by molar-refractivity contribution is 5.84. The van der Waals surface area contributed by atoms with Crippen LogP contribution in [-0.4, -0.2) is 38.1 Å². The van der Waals surface area contributed by atoms with Gasteiger partial charge in [0.05, 0.1) is 7.11 Å². The Labute approximate surface area is 102 Å². The fraction of sp³-hybridized carbons (Fsp3) is 0.833. The second kappa shape index (κ2) is 6.59. The summed E-state index contributed by atoms with van der Waals surface area (Å²) in [5.41, 5.74) is 0. The third kappa shape index (κ3) is 4.34. The second-order valence-electron chi connectivity index (χ2n) is 4.88. The fourth-order valence-electron chi connectivity index (χ4n) is 2.01. The summed E-state index contributed by atoms with van der Waals surface area (Å²) < 4.78 is 4.68. The van der Waals surface area contributed by atoms with E-state index in [-0.39, 0.29) is 17.8 Å². The average Bonchev–Trinajstić information content (AvgIpc) is 2.77. The summed E-state index contributed by atoms with van der Waals surface area (Å²) in [6, 6.07) is -0.540. The first-order valence-electron chi connectivity index (χ1n) is 6.12. The molecular weight excluding hydrogens is 220 g/mol. The molecule has 2 atom stereocenters. The molecule has 0 aromatic carbocycles. The Morgan fingerprint density at radius 1 is 1.47 bits per heavy atom. The van der Waals surface area contributed by atoms with Crippen molar-refractivity contribution < 1.29 is 14.3 Å². The lowest BCUT2D eigenvalue weighted by Crippen LogP contribution is -2.45. The number of nitrogens with one attached hydrogen (secondary N) is 2. The molecule has 5 nitrogen and oxygen atoms in total. The maximum Gasteiger partial charge on any atom is 0.328 e. The van der Waals surface area contributed by atoms with Crippen LogP contribution in [0.15, 0.2) is 0 Å². The molecule has 1 aliphatic heterocycles. The number of hydrogen-bond acceptors (Lipinski definition) is 4. The van der Waals surface area contributed by atoms with E-state index in [0.717, 1.165) is 19.5 Å². The summed E-state index contributed by atoms with van der Waals surface area (Å²) in [4.78, 5) is 23.3. The van der Waals surface area contributed by atoms with Gasteiger partial charge in [-0.15, -0.1) is 0 Å². The van der Waals surface area contributed by atoms with E-state index in [1.165, 1.54) is 7.11 Å². The molecule has 0 bridgehead atoms. The van der Waals surface area contributed by atoms with E-state index in [2.05, 4.69) is 15.4 Å². The number of methoxy groups -OCH3 is 1. The number of esters is 1. The molecule has 1 rings (SSSR count). The zero-order valence-corrected chi connectivity index (χ0v) is 10.8. The van der Waals surface area contributed by atoms with Crippen LogP contribution in [0.25, 0.3) is 0 Å². The van der Waals surface area contributed by atoms with Crippen LogP contribution in [0.5, 0.6) is 0 Å². The number of carbonyl (C=O) groups excluding carboxylic acids is 2. The molecule has 1 heterocycles. The van der Waals surface area contributed by atoms with Crippen LogP contribution in [0.3, 0.4) is 0 Å². The molecule has 0 radical (unpaired) electrons. The molecule has 1 amide bonds. The standard InChI is InChI=1S/C12H22N2O3/c1-8(2)11(12(16)17-3)14-10(15)6-9-4-5-13-7-9/h8-9,11,13H,4-7H2,1-3H3,(H,14,15)/t9?,11-/m0/s1. The van der Waals surface area contributed by atoms with Gasteiger partial charge >= 0.3 is 5.97 Å². The molecule has 0 aromatic rings. The van der Waals surface area contributed by atoms with Gasteiger partial charge in [-0.05, 0) is 31.3 Å². The molecule has 0 aromatic heterocycles. The first kappa shape index (κ1) is 14.0. The summed E-state index contributed by atoms with van der Waals surface area (Å²) in [5, 5.41) is 5.97. The Balaban J connectivity index is 2.43. The monoisotopic (exact) mass is 242 g/mol.